The van der Waals surface area contributed by atoms with E-state index in [1.165, 1.54) is 0 Å². The molecule has 0 unspecified atom stereocenters. The minimum Gasteiger partial charge on any atom is -0.460 e. The van der Waals surface area contributed by atoms with E-state index < -0.39 is 60.8 Å². The van der Waals surface area contributed by atoms with Gasteiger partial charge in [-0.15, -0.1) is 0 Å². The van der Waals surface area contributed by atoms with Gasteiger partial charge in [0.1, 0.15) is 32.5 Å². The fourth-order valence-electron chi connectivity index (χ4n) is 5.54. The molecule has 52 heavy (non-hydrogen) atoms. The summed E-state index contributed by atoms with van der Waals surface area (Å²) < 4.78 is 16.3. The molecule has 0 radical (unpaired) electrons. The number of ether oxygens (including phenoxy) is 3. The van der Waals surface area contributed by atoms with Crippen molar-refractivity contribution in [3.05, 3.63) is 108 Å². The largest absolute Gasteiger partial charge is 0.460 e. The maximum absolute atomic E-state index is 13.1. The Balaban J connectivity index is 1.17. The lowest BCUT2D eigenvalue weighted by molar-refractivity contribution is -0.161. The Morgan fingerprint density at radius 3 is 1.73 bits per heavy atom. The van der Waals surface area contributed by atoms with Crippen molar-refractivity contribution >= 4 is 35.7 Å². The lowest BCUT2D eigenvalue weighted by Gasteiger charge is -2.26. The van der Waals surface area contributed by atoms with Crippen molar-refractivity contribution in [3.8, 4) is 0 Å². The molecule has 1 aliphatic carbocycles. The van der Waals surface area contributed by atoms with Crippen LogP contribution in [0.3, 0.4) is 0 Å². The molecule has 14 heteroatoms. The minimum absolute atomic E-state index is 0.0333. The monoisotopic (exact) mass is 715 g/mol. The average molecular weight is 716 g/mol. The number of esters is 1. The normalized spacial score (nSPS) is 13.5. The molecule has 4 rings (SSSR count). The van der Waals surface area contributed by atoms with Gasteiger partial charge >= 0.3 is 12.1 Å². The molecule has 0 aliphatic heterocycles. The van der Waals surface area contributed by atoms with E-state index in [9.17, 15) is 28.8 Å². The van der Waals surface area contributed by atoms with Crippen LogP contribution in [0.2, 0.25) is 0 Å². The molecule has 14 nitrogen and oxygen atoms in total. The number of amides is 5. The summed E-state index contributed by atoms with van der Waals surface area (Å²) in [7, 11) is 0. The molecule has 5 amide bonds. The highest BCUT2D eigenvalue weighted by Crippen LogP contribution is 2.39. The second kappa shape index (κ2) is 20.8. The standard InChI is InChI=1S/C38H45N5O9/c44-32(22-41-37(49)52-25-30-16-8-3-9-17-30)39-23-34(46)43-31(20-28-12-4-1-5-13-28)35(47)40-21-33(45)42-27-50-26-38(18-10-11-19-38)36(48)51-24-29-14-6-2-7-15-29/h1-9,12-17,31H,10-11,18-27H2,(H,39,44)(H,40,47)(H,41,49)(H,42,45)(H,43,46)/t31-/m0/s1. The summed E-state index contributed by atoms with van der Waals surface area (Å²) >= 11 is 0. The Labute approximate surface area is 302 Å². The van der Waals surface area contributed by atoms with Gasteiger partial charge in [-0.2, -0.15) is 0 Å². The second-order valence-corrected chi connectivity index (χ2v) is 12.4. The van der Waals surface area contributed by atoms with Crippen LogP contribution in [0.15, 0.2) is 91.0 Å². The van der Waals surface area contributed by atoms with Gasteiger partial charge < -0.3 is 40.8 Å². The van der Waals surface area contributed by atoms with Crippen molar-refractivity contribution in [1.29, 1.82) is 0 Å². The van der Waals surface area contributed by atoms with Gasteiger partial charge in [0.05, 0.1) is 25.1 Å². The highest BCUT2D eigenvalue weighted by Gasteiger charge is 2.43. The van der Waals surface area contributed by atoms with Gasteiger partial charge in [-0.25, -0.2) is 4.79 Å². The van der Waals surface area contributed by atoms with Gasteiger partial charge in [-0.3, -0.25) is 24.0 Å². The first-order chi connectivity index (χ1) is 25.2. The van der Waals surface area contributed by atoms with Gasteiger partial charge in [-0.05, 0) is 29.5 Å². The van der Waals surface area contributed by atoms with Crippen LogP contribution >= 0.6 is 0 Å². The summed E-state index contributed by atoms with van der Waals surface area (Å²) in [6.45, 7) is -1.16. The van der Waals surface area contributed by atoms with Crippen LogP contribution in [0.4, 0.5) is 4.79 Å². The Hall–Kier alpha value is -5.76. The van der Waals surface area contributed by atoms with Crippen LogP contribution in [0.5, 0.6) is 0 Å². The number of benzene rings is 3. The third-order valence-electron chi connectivity index (χ3n) is 8.37. The summed E-state index contributed by atoms with van der Waals surface area (Å²) in [5.74, 6) is -2.77. The number of carbonyl (C=O) groups excluding carboxylic acids is 6. The zero-order chi connectivity index (χ0) is 37.0. The van der Waals surface area contributed by atoms with Gasteiger partial charge in [0.25, 0.3) is 0 Å². The topological polar surface area (TPSA) is 190 Å². The van der Waals surface area contributed by atoms with Gasteiger partial charge in [0.15, 0.2) is 0 Å². The number of carbonyl (C=O) groups is 6. The summed E-state index contributed by atoms with van der Waals surface area (Å²) in [5.41, 5.74) is 1.65. The molecule has 1 atom stereocenters. The maximum atomic E-state index is 13.1. The maximum Gasteiger partial charge on any atom is 0.407 e. The third kappa shape index (κ3) is 13.5. The van der Waals surface area contributed by atoms with Crippen molar-refractivity contribution in [2.24, 2.45) is 5.41 Å². The van der Waals surface area contributed by atoms with Crippen molar-refractivity contribution in [2.45, 2.75) is 51.4 Å². The molecule has 1 aliphatic rings. The van der Waals surface area contributed by atoms with E-state index in [2.05, 4.69) is 26.6 Å². The molecule has 0 heterocycles. The number of hydrogen-bond donors (Lipinski definition) is 5. The summed E-state index contributed by atoms with van der Waals surface area (Å²) in [5, 5.41) is 12.4. The van der Waals surface area contributed by atoms with Gasteiger partial charge in [0, 0.05) is 6.42 Å². The minimum atomic E-state index is -1.06. The molecule has 0 aromatic heterocycles. The molecule has 3 aromatic carbocycles. The Morgan fingerprint density at radius 1 is 0.596 bits per heavy atom. The number of alkyl carbamates (subject to hydrolysis) is 1. The first-order valence-corrected chi connectivity index (χ1v) is 17.1. The lowest BCUT2D eigenvalue weighted by Crippen LogP contribution is -2.52. The summed E-state index contributed by atoms with van der Waals surface area (Å²) in [6, 6.07) is 26.3. The van der Waals surface area contributed by atoms with Gasteiger partial charge in [0.2, 0.25) is 23.6 Å². The lowest BCUT2D eigenvalue weighted by atomic mass is 9.87. The molecular weight excluding hydrogens is 670 g/mol. The second-order valence-electron chi connectivity index (χ2n) is 12.4. The van der Waals surface area contributed by atoms with E-state index >= 15 is 0 Å². The van der Waals surface area contributed by atoms with E-state index in [-0.39, 0.29) is 38.9 Å². The van der Waals surface area contributed by atoms with E-state index in [4.69, 9.17) is 14.2 Å². The van der Waals surface area contributed by atoms with E-state index in [0.29, 0.717) is 12.8 Å². The molecule has 3 aromatic rings. The predicted molar refractivity (Wildman–Crippen MR) is 189 cm³/mol. The fourth-order valence-corrected chi connectivity index (χ4v) is 5.54. The highest BCUT2D eigenvalue weighted by molar-refractivity contribution is 5.92. The zero-order valence-corrected chi connectivity index (χ0v) is 28.9. The van der Waals surface area contributed by atoms with Crippen LogP contribution in [0.25, 0.3) is 0 Å². The molecule has 0 bridgehead atoms. The van der Waals surface area contributed by atoms with Crippen LogP contribution in [0, 0.1) is 5.41 Å². The highest BCUT2D eigenvalue weighted by atomic mass is 16.5. The quantitative estimate of drug-likeness (QED) is 0.0704. The predicted octanol–water partition coefficient (Wildman–Crippen LogP) is 2.27. The molecule has 1 fully saturated rings. The molecule has 276 valence electrons. The summed E-state index contributed by atoms with van der Waals surface area (Å²) in [4.78, 5) is 75.5. The van der Waals surface area contributed by atoms with Crippen LogP contribution in [-0.4, -0.2) is 74.7 Å². The first-order valence-electron chi connectivity index (χ1n) is 17.1. The first kappa shape index (κ1) is 39.0. The van der Waals surface area contributed by atoms with Crippen molar-refractivity contribution in [2.75, 3.05) is 33.0 Å². The molecule has 5 N–H and O–H groups in total. The molecule has 0 saturated heterocycles. The SMILES string of the molecule is O=C(CNC(=O)OCc1ccccc1)NCC(=O)N[C@@H](Cc1ccccc1)C(=O)NCC(=O)NCOCC1(C(=O)OCc2ccccc2)CCCC1. The fraction of sp³-hybridized carbons (Fsp3) is 0.368. The molecule has 0 spiro atoms. The number of hydrogen-bond acceptors (Lipinski definition) is 9. The van der Waals surface area contributed by atoms with E-state index in [1.807, 2.05) is 42.5 Å². The zero-order valence-electron chi connectivity index (χ0n) is 28.9. The molecule has 1 saturated carbocycles. The average Bonchev–Trinajstić information content (AvgIpc) is 3.66. The van der Waals surface area contributed by atoms with Crippen molar-refractivity contribution in [1.82, 2.24) is 26.6 Å². The van der Waals surface area contributed by atoms with Crippen molar-refractivity contribution < 1.29 is 43.0 Å². The molecular formula is C38H45N5O9. The Kier molecular flexibility index (Phi) is 15.6. The van der Waals surface area contributed by atoms with Crippen LogP contribution < -0.4 is 26.6 Å². The third-order valence-corrected chi connectivity index (χ3v) is 8.37. The van der Waals surface area contributed by atoms with Gasteiger partial charge in [-0.1, -0.05) is 104 Å². The Bertz CT molecular complexity index is 1620. The smallest absolute Gasteiger partial charge is 0.407 e. The van der Waals surface area contributed by atoms with E-state index in [1.54, 1.807) is 48.5 Å². The number of rotatable bonds is 19. The van der Waals surface area contributed by atoms with Crippen LogP contribution in [0.1, 0.15) is 42.4 Å². The Morgan fingerprint density at radius 2 is 1.12 bits per heavy atom. The van der Waals surface area contributed by atoms with Crippen molar-refractivity contribution in [3.63, 3.8) is 0 Å². The van der Waals surface area contributed by atoms with E-state index in [0.717, 1.165) is 29.5 Å². The van der Waals surface area contributed by atoms with Crippen LogP contribution in [-0.2, 0) is 57.8 Å². The summed E-state index contributed by atoms with van der Waals surface area (Å²) in [6.07, 6.45) is 2.33. The number of nitrogens with one attached hydrogen (secondary N) is 5.